The van der Waals surface area contributed by atoms with Crippen molar-refractivity contribution in [1.82, 2.24) is 0 Å². The molecule has 1 unspecified atom stereocenters. The molecule has 0 saturated heterocycles. The van der Waals surface area contributed by atoms with Gasteiger partial charge in [0.1, 0.15) is 0 Å². The number of halogens is 2. The first-order valence-electron chi connectivity index (χ1n) is 8.81. The number of carbonyl (C=O) groups is 1. The van der Waals surface area contributed by atoms with E-state index in [2.05, 4.69) is 0 Å². The first-order valence-corrected chi connectivity index (χ1v) is 8.81. The van der Waals surface area contributed by atoms with Crippen LogP contribution >= 0.6 is 0 Å². The molecule has 1 N–H and O–H groups in total. The Kier molecular flexibility index (Phi) is 5.71. The molecule has 0 aliphatic heterocycles. The fourth-order valence-electron chi connectivity index (χ4n) is 2.84. The van der Waals surface area contributed by atoms with Gasteiger partial charge in [0.05, 0.1) is 13.2 Å². The molecule has 4 nitrogen and oxygen atoms in total. The smallest absolute Gasteiger partial charge is 0.303 e. The Morgan fingerprint density at radius 2 is 2.00 bits per heavy atom. The Morgan fingerprint density at radius 1 is 1.27 bits per heavy atom. The predicted octanol–water partition coefficient (Wildman–Crippen LogP) is 4.63. The van der Waals surface area contributed by atoms with E-state index in [-0.39, 0.29) is 32.5 Å². The number of allylic oxidation sites excluding steroid dienone is 2. The molecule has 1 atom stereocenters. The molecule has 1 saturated carbocycles. The van der Waals surface area contributed by atoms with Crippen molar-refractivity contribution in [2.75, 3.05) is 13.2 Å². The summed E-state index contributed by atoms with van der Waals surface area (Å²) in [7, 11) is 0. The zero-order valence-electron chi connectivity index (χ0n) is 14.4. The number of ether oxygens (including phenoxy) is 2. The van der Waals surface area contributed by atoms with Gasteiger partial charge in [0, 0.05) is 12.8 Å². The molecule has 0 aromatic heterocycles. The maximum Gasteiger partial charge on any atom is 0.303 e. The van der Waals surface area contributed by atoms with Crippen LogP contribution in [0.2, 0.25) is 0 Å². The largest absolute Gasteiger partial charge is 0.489 e. The van der Waals surface area contributed by atoms with Crippen molar-refractivity contribution in [3.05, 3.63) is 53.6 Å². The summed E-state index contributed by atoms with van der Waals surface area (Å²) >= 11 is 0. The lowest BCUT2D eigenvalue weighted by Gasteiger charge is -2.32. The van der Waals surface area contributed by atoms with Crippen molar-refractivity contribution in [3.63, 3.8) is 0 Å². The predicted molar refractivity (Wildman–Crippen MR) is 92.5 cm³/mol. The minimum Gasteiger partial charge on any atom is -0.489 e. The van der Waals surface area contributed by atoms with Gasteiger partial charge in [0.15, 0.2) is 11.6 Å². The maximum atomic E-state index is 15.6. The number of rotatable bonds is 9. The minimum absolute atomic E-state index is 0.0813. The average molecular weight is 364 g/mol. The SMILES string of the molecule is O=C(O)CCCOC1=C(F)C=C(c2ccccc2)CC1(F)OCC1CC1. The number of benzene rings is 1. The second-order valence-corrected chi connectivity index (χ2v) is 6.72. The second-order valence-electron chi connectivity index (χ2n) is 6.72. The van der Waals surface area contributed by atoms with Crippen LogP contribution in [0.4, 0.5) is 8.78 Å². The van der Waals surface area contributed by atoms with E-state index in [1.54, 1.807) is 24.3 Å². The van der Waals surface area contributed by atoms with Crippen LogP contribution in [0.1, 0.15) is 37.7 Å². The molecule has 0 spiro atoms. The molecule has 0 heterocycles. The molecule has 1 fully saturated rings. The van der Waals surface area contributed by atoms with Gasteiger partial charge < -0.3 is 14.6 Å². The van der Waals surface area contributed by atoms with Crippen LogP contribution < -0.4 is 0 Å². The van der Waals surface area contributed by atoms with Crippen molar-refractivity contribution in [3.8, 4) is 0 Å². The summed E-state index contributed by atoms with van der Waals surface area (Å²) in [4.78, 5) is 10.6. The molecule has 6 heteroatoms. The molecule has 0 radical (unpaired) electrons. The maximum absolute atomic E-state index is 15.6. The molecule has 1 aromatic carbocycles. The fraction of sp³-hybridized carbons (Fsp3) is 0.450. The zero-order chi connectivity index (χ0) is 18.6. The summed E-state index contributed by atoms with van der Waals surface area (Å²) in [5.74, 6) is -4.35. The van der Waals surface area contributed by atoms with E-state index in [1.807, 2.05) is 6.07 Å². The van der Waals surface area contributed by atoms with Gasteiger partial charge in [0.25, 0.3) is 5.85 Å². The van der Waals surface area contributed by atoms with Crippen molar-refractivity contribution >= 4 is 11.5 Å². The lowest BCUT2D eigenvalue weighted by Crippen LogP contribution is -2.35. The molecule has 0 bridgehead atoms. The van der Waals surface area contributed by atoms with Gasteiger partial charge in [-0.25, -0.2) is 8.78 Å². The molecule has 2 aliphatic carbocycles. The first-order chi connectivity index (χ1) is 12.5. The number of aliphatic carboxylic acids is 1. The van der Waals surface area contributed by atoms with Crippen molar-refractivity contribution in [2.45, 2.75) is 38.0 Å². The quantitative estimate of drug-likeness (QED) is 0.649. The average Bonchev–Trinajstić information content (AvgIpc) is 3.44. The highest BCUT2D eigenvalue weighted by Crippen LogP contribution is 2.43. The third-order valence-corrected chi connectivity index (χ3v) is 4.45. The van der Waals surface area contributed by atoms with E-state index in [9.17, 15) is 9.18 Å². The third-order valence-electron chi connectivity index (χ3n) is 4.45. The highest BCUT2D eigenvalue weighted by molar-refractivity contribution is 5.70. The van der Waals surface area contributed by atoms with Crippen LogP contribution in [0.25, 0.3) is 5.57 Å². The fourth-order valence-corrected chi connectivity index (χ4v) is 2.84. The van der Waals surface area contributed by atoms with E-state index in [0.29, 0.717) is 11.5 Å². The third kappa shape index (κ3) is 4.69. The van der Waals surface area contributed by atoms with Gasteiger partial charge in [-0.15, -0.1) is 0 Å². The highest BCUT2D eigenvalue weighted by atomic mass is 19.2. The Hall–Kier alpha value is -2.21. The van der Waals surface area contributed by atoms with Crippen LogP contribution in [-0.4, -0.2) is 30.1 Å². The Labute approximate surface area is 151 Å². The van der Waals surface area contributed by atoms with Gasteiger partial charge in [-0.3, -0.25) is 4.79 Å². The summed E-state index contributed by atoms with van der Waals surface area (Å²) in [6, 6.07) is 9.03. The summed E-state index contributed by atoms with van der Waals surface area (Å²) in [6.07, 6.45) is 3.13. The van der Waals surface area contributed by atoms with E-state index in [1.165, 1.54) is 6.08 Å². The number of hydrogen-bond acceptors (Lipinski definition) is 3. The van der Waals surface area contributed by atoms with Crippen LogP contribution in [0.15, 0.2) is 48.0 Å². The van der Waals surface area contributed by atoms with Crippen LogP contribution in [0, 0.1) is 5.92 Å². The summed E-state index contributed by atoms with van der Waals surface area (Å²) in [5.41, 5.74) is 1.23. The standard InChI is InChI=1S/C20H22F2O4/c21-17-11-16(15-5-2-1-3-6-15)12-20(22,26-13-14-8-9-14)19(17)25-10-4-7-18(23)24/h1-3,5-6,11,14H,4,7-10,12-13H2,(H,23,24). The highest BCUT2D eigenvalue weighted by Gasteiger charge is 2.45. The summed E-state index contributed by atoms with van der Waals surface area (Å²) < 4.78 is 41.0. The lowest BCUT2D eigenvalue weighted by atomic mass is 9.92. The van der Waals surface area contributed by atoms with Crippen LogP contribution in [-0.2, 0) is 14.3 Å². The molecule has 0 amide bonds. The minimum atomic E-state index is -2.38. The van der Waals surface area contributed by atoms with Gasteiger partial charge in [-0.2, -0.15) is 0 Å². The molecule has 140 valence electrons. The van der Waals surface area contributed by atoms with Gasteiger partial charge in [0.2, 0.25) is 0 Å². The van der Waals surface area contributed by atoms with E-state index < -0.39 is 23.4 Å². The normalized spacial score (nSPS) is 22.9. The van der Waals surface area contributed by atoms with Crippen LogP contribution in [0.3, 0.4) is 0 Å². The van der Waals surface area contributed by atoms with Crippen LogP contribution in [0.5, 0.6) is 0 Å². The topological polar surface area (TPSA) is 55.8 Å². The lowest BCUT2D eigenvalue weighted by molar-refractivity contribution is -0.148. The summed E-state index contributed by atoms with van der Waals surface area (Å²) in [6.45, 7) is 0.135. The summed E-state index contributed by atoms with van der Waals surface area (Å²) in [5, 5.41) is 8.67. The number of carboxylic acids is 1. The van der Waals surface area contributed by atoms with E-state index >= 15 is 4.39 Å². The molecule has 2 aliphatic rings. The Bertz CT molecular complexity index is 710. The zero-order valence-corrected chi connectivity index (χ0v) is 14.4. The van der Waals surface area contributed by atoms with Crippen molar-refractivity contribution in [2.24, 2.45) is 5.92 Å². The molecular formula is C20H22F2O4. The Morgan fingerprint density at radius 3 is 2.65 bits per heavy atom. The monoisotopic (exact) mass is 364 g/mol. The molecule has 26 heavy (non-hydrogen) atoms. The molecular weight excluding hydrogens is 342 g/mol. The molecule has 1 aromatic rings. The number of carboxylic acid groups (broad SMARTS) is 1. The van der Waals surface area contributed by atoms with Crippen molar-refractivity contribution in [1.29, 1.82) is 0 Å². The van der Waals surface area contributed by atoms with Gasteiger partial charge in [-0.05, 0) is 42.4 Å². The van der Waals surface area contributed by atoms with E-state index in [0.717, 1.165) is 18.4 Å². The second kappa shape index (κ2) is 7.99. The van der Waals surface area contributed by atoms with Gasteiger partial charge in [-0.1, -0.05) is 30.3 Å². The van der Waals surface area contributed by atoms with Crippen molar-refractivity contribution < 1.29 is 28.2 Å². The first kappa shape index (κ1) is 18.6. The Balaban J connectivity index is 1.79. The number of alkyl halides is 1. The van der Waals surface area contributed by atoms with E-state index in [4.69, 9.17) is 14.6 Å². The molecule has 3 rings (SSSR count). The number of hydrogen-bond donors (Lipinski definition) is 1. The van der Waals surface area contributed by atoms with Gasteiger partial charge >= 0.3 is 5.97 Å².